The Morgan fingerprint density at radius 1 is 1.32 bits per heavy atom. The monoisotopic (exact) mass is 301 g/mol. The molecule has 0 saturated heterocycles. The van der Waals surface area contributed by atoms with Crippen molar-refractivity contribution in [1.82, 2.24) is 5.43 Å². The quantitative estimate of drug-likeness (QED) is 0.380. The molecule has 0 aliphatic rings. The number of carbonyl (C=O) groups is 1. The summed E-state index contributed by atoms with van der Waals surface area (Å²) in [6.45, 7) is 1.88. The maximum atomic E-state index is 11.5. The fourth-order valence-corrected chi connectivity index (χ4v) is 1.94. The lowest BCUT2D eigenvalue weighted by Crippen LogP contribution is -2.30. The minimum Gasteiger partial charge on any atom is -0.482 e. The predicted octanol–water partition coefficient (Wildman–Crippen LogP) is 2.09. The Labute approximate surface area is 126 Å². The molecule has 0 spiro atoms. The molecule has 0 fully saturated rings. The van der Waals surface area contributed by atoms with Crippen molar-refractivity contribution in [3.05, 3.63) is 69.3 Å². The second-order valence-electron chi connectivity index (χ2n) is 4.69. The Morgan fingerprint density at radius 2 is 2.09 bits per heavy atom. The number of hydrogen-bond donors (Lipinski definition) is 2. The number of ether oxygens (including phenoxy) is 1. The van der Waals surface area contributed by atoms with Gasteiger partial charge in [0, 0.05) is 11.6 Å². The number of carbonyl (C=O) groups excluding carboxylic acids is 1. The van der Waals surface area contributed by atoms with Crippen LogP contribution in [0.5, 0.6) is 5.75 Å². The Balaban J connectivity index is 2.17. The Kier molecular flexibility index (Phi) is 4.70. The first kappa shape index (κ1) is 15.5. The summed E-state index contributed by atoms with van der Waals surface area (Å²) < 4.78 is 5.50. The van der Waals surface area contributed by atoms with Gasteiger partial charge in [-0.15, -0.1) is 0 Å². The third-order valence-corrected chi connectivity index (χ3v) is 3.03. The number of hydrazine groups is 1. The molecule has 114 valence electrons. The van der Waals surface area contributed by atoms with Gasteiger partial charge in [-0.1, -0.05) is 18.2 Å². The van der Waals surface area contributed by atoms with Gasteiger partial charge in [-0.25, -0.2) is 5.84 Å². The van der Waals surface area contributed by atoms with Crippen LogP contribution < -0.4 is 16.0 Å². The number of amides is 1. The van der Waals surface area contributed by atoms with E-state index in [2.05, 4.69) is 0 Å². The van der Waals surface area contributed by atoms with Gasteiger partial charge in [-0.3, -0.25) is 20.3 Å². The number of rotatable bonds is 5. The van der Waals surface area contributed by atoms with Gasteiger partial charge in [-0.2, -0.15) is 0 Å². The van der Waals surface area contributed by atoms with Crippen LogP contribution in [0.4, 0.5) is 5.69 Å². The van der Waals surface area contributed by atoms with Crippen LogP contribution in [0.25, 0.3) is 0 Å². The molecule has 0 aliphatic carbocycles. The van der Waals surface area contributed by atoms with Gasteiger partial charge < -0.3 is 4.74 Å². The van der Waals surface area contributed by atoms with E-state index < -0.39 is 10.8 Å². The maximum Gasteiger partial charge on any atom is 0.311 e. The minimum atomic E-state index is -0.485. The molecule has 7 heteroatoms. The van der Waals surface area contributed by atoms with Crippen molar-refractivity contribution in [3.63, 3.8) is 0 Å². The lowest BCUT2D eigenvalue weighted by Gasteiger charge is -2.08. The third-order valence-electron chi connectivity index (χ3n) is 3.03. The summed E-state index contributed by atoms with van der Waals surface area (Å²) in [6, 6.07) is 11.4. The van der Waals surface area contributed by atoms with E-state index in [4.69, 9.17) is 10.6 Å². The summed E-state index contributed by atoms with van der Waals surface area (Å²) in [5, 5.41) is 11.0. The first-order valence-electron chi connectivity index (χ1n) is 6.49. The average Bonchev–Trinajstić information content (AvgIpc) is 2.53. The van der Waals surface area contributed by atoms with E-state index in [0.29, 0.717) is 11.1 Å². The summed E-state index contributed by atoms with van der Waals surface area (Å²) in [7, 11) is 0. The standard InChI is InChI=1S/C15H15N3O4/c1-10-5-6-14(13(7-10)18(20)21)22-9-11-3-2-4-12(8-11)15(19)17-16/h2-8H,9,16H2,1H3,(H,17,19). The third kappa shape index (κ3) is 3.58. The topological polar surface area (TPSA) is 107 Å². The Hall–Kier alpha value is -2.93. The predicted molar refractivity (Wildman–Crippen MR) is 80.3 cm³/mol. The van der Waals surface area contributed by atoms with Gasteiger partial charge in [0.15, 0.2) is 5.75 Å². The molecule has 0 radical (unpaired) electrons. The number of hydrogen-bond acceptors (Lipinski definition) is 5. The fourth-order valence-electron chi connectivity index (χ4n) is 1.94. The van der Waals surface area contributed by atoms with Crippen molar-refractivity contribution in [2.45, 2.75) is 13.5 Å². The number of nitro groups is 1. The molecule has 2 aromatic carbocycles. The number of nitro benzene ring substituents is 1. The van der Waals surface area contributed by atoms with Gasteiger partial charge >= 0.3 is 5.69 Å². The maximum absolute atomic E-state index is 11.5. The smallest absolute Gasteiger partial charge is 0.311 e. The van der Waals surface area contributed by atoms with Gasteiger partial charge in [0.2, 0.25) is 0 Å². The molecule has 0 aromatic heterocycles. The van der Waals surface area contributed by atoms with E-state index in [1.165, 1.54) is 6.07 Å². The van der Waals surface area contributed by atoms with Crippen LogP contribution >= 0.6 is 0 Å². The van der Waals surface area contributed by atoms with E-state index in [9.17, 15) is 14.9 Å². The summed E-state index contributed by atoms with van der Waals surface area (Å²) in [5.74, 6) is 4.85. The lowest BCUT2D eigenvalue weighted by molar-refractivity contribution is -0.386. The Morgan fingerprint density at radius 3 is 2.77 bits per heavy atom. The van der Waals surface area contributed by atoms with Gasteiger partial charge in [0.25, 0.3) is 5.91 Å². The SMILES string of the molecule is Cc1ccc(OCc2cccc(C(=O)NN)c2)c([N+](=O)[O-])c1. The lowest BCUT2D eigenvalue weighted by atomic mass is 10.1. The average molecular weight is 301 g/mol. The molecular weight excluding hydrogens is 286 g/mol. The van der Waals surface area contributed by atoms with Crippen molar-refractivity contribution in [1.29, 1.82) is 0 Å². The zero-order valence-electron chi connectivity index (χ0n) is 11.9. The van der Waals surface area contributed by atoms with E-state index >= 15 is 0 Å². The molecule has 0 bridgehead atoms. The van der Waals surface area contributed by atoms with E-state index in [1.807, 2.05) is 5.43 Å². The summed E-state index contributed by atoms with van der Waals surface area (Å²) >= 11 is 0. The normalized spacial score (nSPS) is 10.1. The zero-order valence-corrected chi connectivity index (χ0v) is 11.9. The molecule has 2 aromatic rings. The summed E-state index contributed by atoms with van der Waals surface area (Å²) in [5.41, 5.74) is 3.83. The highest BCUT2D eigenvalue weighted by Gasteiger charge is 2.15. The minimum absolute atomic E-state index is 0.0872. The van der Waals surface area contributed by atoms with Crippen LogP contribution in [0.2, 0.25) is 0 Å². The molecule has 0 heterocycles. The molecule has 0 saturated carbocycles. The molecule has 0 unspecified atom stereocenters. The van der Waals surface area contributed by atoms with Crippen molar-refractivity contribution >= 4 is 11.6 Å². The molecule has 0 atom stereocenters. The number of nitrogens with zero attached hydrogens (tertiary/aromatic N) is 1. The van der Waals surface area contributed by atoms with Crippen molar-refractivity contribution in [3.8, 4) is 5.75 Å². The van der Waals surface area contributed by atoms with Crippen molar-refractivity contribution < 1.29 is 14.5 Å². The first-order valence-corrected chi connectivity index (χ1v) is 6.49. The van der Waals surface area contributed by atoms with Crippen LogP contribution in [-0.2, 0) is 6.61 Å². The van der Waals surface area contributed by atoms with Crippen LogP contribution in [0.1, 0.15) is 21.5 Å². The van der Waals surface area contributed by atoms with Crippen molar-refractivity contribution in [2.75, 3.05) is 0 Å². The first-order chi connectivity index (χ1) is 10.5. The molecular formula is C15H15N3O4. The second kappa shape index (κ2) is 6.68. The number of nitrogens with two attached hydrogens (primary N) is 1. The zero-order chi connectivity index (χ0) is 16.1. The highest BCUT2D eigenvalue weighted by atomic mass is 16.6. The van der Waals surface area contributed by atoms with Crippen LogP contribution in [0.15, 0.2) is 42.5 Å². The molecule has 2 rings (SSSR count). The molecule has 7 nitrogen and oxygen atoms in total. The second-order valence-corrected chi connectivity index (χ2v) is 4.69. The number of nitrogen functional groups attached to an aromatic ring is 1. The summed E-state index contributed by atoms with van der Waals surface area (Å²) in [4.78, 5) is 22.0. The van der Waals surface area contributed by atoms with Gasteiger partial charge in [0.05, 0.1) is 4.92 Å². The van der Waals surface area contributed by atoms with Crippen molar-refractivity contribution in [2.24, 2.45) is 5.84 Å². The summed E-state index contributed by atoms with van der Waals surface area (Å²) in [6.07, 6.45) is 0. The van der Waals surface area contributed by atoms with Crippen LogP contribution in [0.3, 0.4) is 0 Å². The van der Waals surface area contributed by atoms with Gasteiger partial charge in [0.1, 0.15) is 6.61 Å². The number of benzene rings is 2. The van der Waals surface area contributed by atoms with Gasteiger partial charge in [-0.05, 0) is 36.2 Å². The largest absolute Gasteiger partial charge is 0.482 e. The highest BCUT2D eigenvalue weighted by molar-refractivity contribution is 5.93. The molecule has 1 amide bonds. The molecule has 0 aliphatic heterocycles. The van der Waals surface area contributed by atoms with E-state index in [0.717, 1.165) is 5.56 Å². The molecule has 3 N–H and O–H groups in total. The Bertz CT molecular complexity index is 716. The van der Waals surface area contributed by atoms with Crippen LogP contribution in [-0.4, -0.2) is 10.8 Å². The highest BCUT2D eigenvalue weighted by Crippen LogP contribution is 2.28. The van der Waals surface area contributed by atoms with E-state index in [-0.39, 0.29) is 18.0 Å². The number of nitrogens with one attached hydrogen (secondary N) is 1. The fraction of sp³-hybridized carbons (Fsp3) is 0.133. The number of aryl methyl sites for hydroxylation is 1. The van der Waals surface area contributed by atoms with Crippen LogP contribution in [0, 0.1) is 17.0 Å². The van der Waals surface area contributed by atoms with E-state index in [1.54, 1.807) is 43.3 Å². The molecule has 22 heavy (non-hydrogen) atoms.